The number of anilines is 2. The molecule has 0 aliphatic rings. The van der Waals surface area contributed by atoms with Gasteiger partial charge in [0.25, 0.3) is 0 Å². The summed E-state index contributed by atoms with van der Waals surface area (Å²) < 4.78 is 0. The fourth-order valence-corrected chi connectivity index (χ4v) is 3.27. The molecule has 0 saturated heterocycles. The predicted molar refractivity (Wildman–Crippen MR) is 87.7 cm³/mol. The number of carbonyl (C=O) groups is 2. The summed E-state index contributed by atoms with van der Waals surface area (Å²) in [7, 11) is 0. The van der Waals surface area contributed by atoms with Crippen molar-refractivity contribution in [3.05, 3.63) is 32.6 Å². The summed E-state index contributed by atoms with van der Waals surface area (Å²) in [5.41, 5.74) is 5.02. The average molecular weight is 386 g/mol. The van der Waals surface area contributed by atoms with Crippen LogP contribution in [0, 0.1) is 20.2 Å². The Morgan fingerprint density at radius 1 is 1.04 bits per heavy atom. The van der Waals surface area contributed by atoms with Crippen molar-refractivity contribution < 1.29 is 19.4 Å². The van der Waals surface area contributed by atoms with Gasteiger partial charge >= 0.3 is 10.0 Å². The highest BCUT2D eigenvalue weighted by molar-refractivity contribution is 7.21. The minimum atomic E-state index is -0.665. The van der Waals surface area contributed by atoms with Crippen LogP contribution in [0.3, 0.4) is 0 Å². The summed E-state index contributed by atoms with van der Waals surface area (Å²) in [4.78, 5) is 52.1. The predicted octanol–water partition coefficient (Wildman–Crippen LogP) is 1.74. The highest BCUT2D eigenvalue weighted by atomic mass is 32.1. The second-order valence-corrected chi connectivity index (χ2v) is 6.50. The van der Waals surface area contributed by atoms with E-state index in [0.717, 1.165) is 17.3 Å². The Bertz CT molecular complexity index is 780. The number of aromatic nitrogens is 2. The third kappa shape index (κ3) is 4.51. The van der Waals surface area contributed by atoms with Gasteiger partial charge < -0.3 is 5.73 Å². The van der Waals surface area contributed by atoms with E-state index < -0.39 is 21.7 Å². The van der Waals surface area contributed by atoms with E-state index in [0.29, 0.717) is 22.7 Å². The highest BCUT2D eigenvalue weighted by Crippen LogP contribution is 2.37. The Kier molecular flexibility index (Phi) is 5.66. The lowest BCUT2D eigenvalue weighted by Crippen LogP contribution is -2.25. The van der Waals surface area contributed by atoms with Gasteiger partial charge in [0.15, 0.2) is 0 Å². The number of nitrogens with two attached hydrogens (primary N) is 1. The van der Waals surface area contributed by atoms with Crippen molar-refractivity contribution in [2.75, 3.05) is 4.90 Å². The molecule has 2 amide bonds. The van der Waals surface area contributed by atoms with Crippen LogP contribution in [0.4, 0.5) is 20.3 Å². The third-order valence-corrected chi connectivity index (χ3v) is 4.64. The first-order valence-electron chi connectivity index (χ1n) is 6.61. The van der Waals surface area contributed by atoms with Crippen molar-refractivity contribution in [2.45, 2.75) is 19.3 Å². The number of hydrogen-bond donors (Lipinski definition) is 1. The number of hydrogen-bond acceptors (Lipinski definition) is 10. The van der Waals surface area contributed by atoms with E-state index in [-0.39, 0.29) is 39.5 Å². The van der Waals surface area contributed by atoms with E-state index in [4.69, 9.17) is 5.73 Å². The van der Waals surface area contributed by atoms with Crippen molar-refractivity contribution in [1.82, 2.24) is 9.97 Å². The van der Waals surface area contributed by atoms with Gasteiger partial charge in [-0.15, -0.1) is 0 Å². The molecule has 0 spiro atoms. The van der Waals surface area contributed by atoms with Crippen LogP contribution >= 0.6 is 22.7 Å². The number of rotatable bonds is 8. The number of carbonyl (C=O) groups excluding carboxylic acids is 2. The minimum absolute atomic E-state index is 0.0182. The van der Waals surface area contributed by atoms with E-state index in [1.807, 2.05) is 0 Å². The van der Waals surface area contributed by atoms with Gasteiger partial charge in [-0.05, 0) is 29.1 Å². The van der Waals surface area contributed by atoms with Gasteiger partial charge in [0.1, 0.15) is 12.4 Å². The molecule has 0 saturated carbocycles. The zero-order valence-electron chi connectivity index (χ0n) is 12.4. The van der Waals surface area contributed by atoms with Crippen molar-refractivity contribution in [2.24, 2.45) is 5.73 Å². The van der Waals surface area contributed by atoms with Crippen LogP contribution in [0.25, 0.3) is 0 Å². The van der Waals surface area contributed by atoms with Crippen molar-refractivity contribution >= 4 is 54.8 Å². The second-order valence-electron chi connectivity index (χ2n) is 4.53. The van der Waals surface area contributed by atoms with Crippen molar-refractivity contribution in [3.8, 4) is 0 Å². The number of primary amides is 1. The molecule has 0 radical (unpaired) electrons. The summed E-state index contributed by atoms with van der Waals surface area (Å²) in [6.45, 7) is 0. The van der Waals surface area contributed by atoms with Gasteiger partial charge in [0, 0.05) is 12.8 Å². The van der Waals surface area contributed by atoms with Gasteiger partial charge in [-0.25, -0.2) is 14.9 Å². The van der Waals surface area contributed by atoms with E-state index in [2.05, 4.69) is 9.97 Å². The van der Waals surface area contributed by atoms with E-state index in [1.54, 1.807) is 0 Å². The molecule has 12 nitrogen and oxygen atoms in total. The molecule has 2 aromatic heterocycles. The number of nitrogens with zero attached hydrogens (tertiary/aromatic N) is 5. The smallest absolute Gasteiger partial charge is 0.345 e. The molecule has 2 aromatic rings. The Labute approximate surface area is 147 Å². The summed E-state index contributed by atoms with van der Waals surface area (Å²) in [6.07, 6.45) is 1.99. The molecule has 14 heteroatoms. The molecular formula is C11H10N6O6S2. The maximum absolute atomic E-state index is 12.5. The van der Waals surface area contributed by atoms with Gasteiger partial charge in [0.05, 0.1) is 9.85 Å². The standard InChI is InChI=1S/C11H10N6O6S2/c12-6(18)2-1-3-7(19)15(10-13-4-8(24-10)16(20)21)11-14-5-9(25-11)17(22)23/h4-5H,1-3H2,(H2,12,18). The van der Waals surface area contributed by atoms with Crippen LogP contribution in [0.1, 0.15) is 19.3 Å². The Morgan fingerprint density at radius 3 is 1.88 bits per heavy atom. The van der Waals surface area contributed by atoms with Crippen molar-refractivity contribution in [3.63, 3.8) is 0 Å². The molecule has 0 unspecified atom stereocenters. The quantitative estimate of drug-likeness (QED) is 0.526. The maximum Gasteiger partial charge on any atom is 0.345 e. The molecule has 0 atom stereocenters. The fraction of sp³-hybridized carbons (Fsp3) is 0.273. The average Bonchev–Trinajstić information content (AvgIpc) is 3.17. The molecule has 0 aromatic carbocycles. The summed E-state index contributed by atoms with van der Waals surface area (Å²) in [6, 6.07) is 0. The van der Waals surface area contributed by atoms with Crippen LogP contribution in [0.5, 0.6) is 0 Å². The number of thiazole rings is 2. The zero-order valence-corrected chi connectivity index (χ0v) is 14.0. The Morgan fingerprint density at radius 2 is 1.52 bits per heavy atom. The lowest BCUT2D eigenvalue weighted by atomic mass is 10.2. The molecule has 0 aliphatic heterocycles. The first-order chi connectivity index (χ1) is 11.8. The molecule has 0 bridgehead atoms. The number of amides is 2. The van der Waals surface area contributed by atoms with Gasteiger partial charge in [-0.3, -0.25) is 29.8 Å². The molecule has 2 heterocycles. The van der Waals surface area contributed by atoms with Crippen LogP contribution < -0.4 is 10.6 Å². The van der Waals surface area contributed by atoms with Crippen LogP contribution in [0.15, 0.2) is 12.4 Å². The summed E-state index contributed by atoms with van der Waals surface area (Å²) >= 11 is 1.26. The Balaban J connectivity index is 2.32. The van der Waals surface area contributed by atoms with Gasteiger partial charge in [0.2, 0.25) is 22.1 Å². The van der Waals surface area contributed by atoms with Gasteiger partial charge in [-0.1, -0.05) is 0 Å². The molecular weight excluding hydrogens is 376 g/mol. The SMILES string of the molecule is NC(=O)CCCC(=O)N(c1ncc([N+](=O)[O-])s1)c1ncc([N+](=O)[O-])s1. The molecule has 0 aliphatic carbocycles. The van der Waals surface area contributed by atoms with Crippen molar-refractivity contribution in [1.29, 1.82) is 0 Å². The number of nitro groups is 2. The molecule has 132 valence electrons. The van der Waals surface area contributed by atoms with E-state index >= 15 is 0 Å². The van der Waals surface area contributed by atoms with Gasteiger partial charge in [-0.2, -0.15) is 0 Å². The van der Waals surface area contributed by atoms with Crippen LogP contribution in [-0.4, -0.2) is 31.6 Å². The zero-order chi connectivity index (χ0) is 18.6. The lowest BCUT2D eigenvalue weighted by Gasteiger charge is -2.15. The molecule has 25 heavy (non-hydrogen) atoms. The first kappa shape index (κ1) is 18.3. The Hall–Kier alpha value is -3.00. The van der Waals surface area contributed by atoms with E-state index in [1.165, 1.54) is 0 Å². The summed E-state index contributed by atoms with van der Waals surface area (Å²) in [5.74, 6) is -1.14. The van der Waals surface area contributed by atoms with Crippen LogP contribution in [-0.2, 0) is 9.59 Å². The monoisotopic (exact) mass is 386 g/mol. The lowest BCUT2D eigenvalue weighted by molar-refractivity contribution is -0.380. The maximum atomic E-state index is 12.5. The second kappa shape index (κ2) is 7.71. The molecule has 2 rings (SSSR count). The molecule has 0 fully saturated rings. The van der Waals surface area contributed by atoms with E-state index in [9.17, 15) is 29.8 Å². The largest absolute Gasteiger partial charge is 0.370 e. The molecule has 2 N–H and O–H groups in total. The first-order valence-corrected chi connectivity index (χ1v) is 8.24. The fourth-order valence-electron chi connectivity index (χ4n) is 1.71. The third-order valence-electron chi connectivity index (χ3n) is 2.77. The summed E-state index contributed by atoms with van der Waals surface area (Å²) in [5, 5.41) is 20.9. The normalized spacial score (nSPS) is 10.4. The minimum Gasteiger partial charge on any atom is -0.370 e. The topological polar surface area (TPSA) is 175 Å². The highest BCUT2D eigenvalue weighted by Gasteiger charge is 2.28. The van der Waals surface area contributed by atoms with Crippen LogP contribution in [0.2, 0.25) is 0 Å².